The van der Waals surface area contributed by atoms with E-state index in [-0.39, 0.29) is 22.8 Å². The molecule has 8 nitrogen and oxygen atoms in total. The Morgan fingerprint density at radius 2 is 1.69 bits per heavy atom. The van der Waals surface area contributed by atoms with Crippen LogP contribution in [0.2, 0.25) is 0 Å². The maximum atomic E-state index is 13.3. The average Bonchev–Trinajstić information content (AvgIpc) is 3.37. The van der Waals surface area contributed by atoms with Gasteiger partial charge in [-0.3, -0.25) is 5.41 Å². The van der Waals surface area contributed by atoms with Gasteiger partial charge in [0.1, 0.15) is 5.84 Å². The molecule has 0 radical (unpaired) electrons. The van der Waals surface area contributed by atoms with Gasteiger partial charge in [-0.15, -0.1) is 0 Å². The number of nitrogens with zero attached hydrogens (tertiary/aromatic N) is 1. The molecule has 3 aromatic carbocycles. The summed E-state index contributed by atoms with van der Waals surface area (Å²) in [5, 5.41) is 16.0. The quantitative estimate of drug-likeness (QED) is 0.289. The zero-order valence-electron chi connectivity index (χ0n) is 19.3. The highest BCUT2D eigenvalue weighted by Gasteiger charge is 2.27. The monoisotopic (exact) mass is 491 g/mol. The number of carbonyl (C=O) groups excluding carboxylic acids is 1. The third-order valence-electron chi connectivity index (χ3n) is 6.26. The molecule has 0 unspecified atom stereocenters. The maximum Gasteiger partial charge on any atom is 0.322 e. The topological polar surface area (TPSA) is 142 Å². The van der Waals surface area contributed by atoms with E-state index in [0.717, 1.165) is 31.2 Å². The first-order valence-electron chi connectivity index (χ1n) is 11.5. The number of amidine groups is 1. The molecule has 3 aromatic rings. The number of sulfonamides is 1. The molecule has 0 aromatic heterocycles. The molecule has 1 aliphatic rings. The molecule has 9 heteroatoms. The van der Waals surface area contributed by atoms with Crippen LogP contribution in [0.3, 0.4) is 0 Å². The molecule has 6 N–H and O–H groups in total. The molecule has 1 aliphatic carbocycles. The Kier molecular flexibility index (Phi) is 7.18. The highest BCUT2D eigenvalue weighted by Crippen LogP contribution is 2.29. The first kappa shape index (κ1) is 24.4. The summed E-state index contributed by atoms with van der Waals surface area (Å²) in [6.07, 6.45) is 4.06. The van der Waals surface area contributed by atoms with Crippen LogP contribution in [-0.2, 0) is 16.6 Å². The molecule has 182 valence electrons. The summed E-state index contributed by atoms with van der Waals surface area (Å²) >= 11 is 0. The lowest BCUT2D eigenvalue weighted by Crippen LogP contribution is -2.41. The van der Waals surface area contributed by atoms with Crippen molar-refractivity contribution in [1.82, 2.24) is 4.90 Å². The lowest BCUT2D eigenvalue weighted by molar-refractivity contribution is 0.184. The van der Waals surface area contributed by atoms with Crippen LogP contribution in [0.4, 0.5) is 10.5 Å². The number of primary sulfonamides is 1. The lowest BCUT2D eigenvalue weighted by Gasteiger charge is -2.29. The fourth-order valence-corrected chi connectivity index (χ4v) is 5.26. The van der Waals surface area contributed by atoms with Crippen molar-refractivity contribution in [3.05, 3.63) is 83.9 Å². The summed E-state index contributed by atoms with van der Waals surface area (Å²) in [7, 11) is -3.87. The minimum Gasteiger partial charge on any atom is -0.384 e. The summed E-state index contributed by atoms with van der Waals surface area (Å²) in [5.74, 6) is -0.00665. The minimum absolute atomic E-state index is 0.00665. The van der Waals surface area contributed by atoms with Crippen LogP contribution in [-0.4, -0.2) is 31.2 Å². The van der Waals surface area contributed by atoms with Crippen LogP contribution < -0.4 is 16.2 Å². The summed E-state index contributed by atoms with van der Waals surface area (Å²) in [6.45, 7) is 0.414. The summed E-state index contributed by atoms with van der Waals surface area (Å²) in [4.78, 5) is 15.2. The van der Waals surface area contributed by atoms with Gasteiger partial charge in [0, 0.05) is 29.4 Å². The molecule has 1 fully saturated rings. The van der Waals surface area contributed by atoms with E-state index in [2.05, 4.69) is 5.32 Å². The van der Waals surface area contributed by atoms with E-state index in [1.807, 2.05) is 23.1 Å². The Hall–Kier alpha value is -3.69. The first-order chi connectivity index (χ1) is 16.7. The van der Waals surface area contributed by atoms with E-state index in [0.29, 0.717) is 28.9 Å². The predicted molar refractivity (Wildman–Crippen MR) is 138 cm³/mol. The van der Waals surface area contributed by atoms with Crippen molar-refractivity contribution in [2.45, 2.75) is 43.2 Å². The van der Waals surface area contributed by atoms with Crippen LogP contribution in [0.25, 0.3) is 11.1 Å². The molecular weight excluding hydrogens is 462 g/mol. The van der Waals surface area contributed by atoms with E-state index >= 15 is 0 Å². The molecule has 1 saturated carbocycles. The molecule has 0 atom stereocenters. The fraction of sp³-hybridized carbons (Fsp3) is 0.231. The molecule has 35 heavy (non-hydrogen) atoms. The summed E-state index contributed by atoms with van der Waals surface area (Å²) in [6, 6.07) is 20.9. The Morgan fingerprint density at radius 3 is 2.34 bits per heavy atom. The number of amides is 2. The number of carbonyl (C=O) groups is 1. The van der Waals surface area contributed by atoms with Gasteiger partial charge in [-0.25, -0.2) is 18.4 Å². The van der Waals surface area contributed by atoms with Crippen molar-refractivity contribution in [3.63, 3.8) is 0 Å². The number of benzene rings is 3. The number of anilines is 1. The van der Waals surface area contributed by atoms with Gasteiger partial charge in [0.2, 0.25) is 10.0 Å². The first-order valence-corrected chi connectivity index (χ1v) is 13.0. The predicted octanol–water partition coefficient (Wildman–Crippen LogP) is 4.26. The molecule has 2 amide bonds. The number of hydrogen-bond acceptors (Lipinski definition) is 4. The molecule has 0 spiro atoms. The van der Waals surface area contributed by atoms with Gasteiger partial charge in [0.05, 0.1) is 4.90 Å². The van der Waals surface area contributed by atoms with Crippen molar-refractivity contribution in [1.29, 1.82) is 5.41 Å². The zero-order chi connectivity index (χ0) is 25.0. The Bertz CT molecular complexity index is 1330. The normalized spacial score (nSPS) is 14.0. The van der Waals surface area contributed by atoms with Crippen LogP contribution >= 0.6 is 0 Å². The number of hydrogen-bond donors (Lipinski definition) is 4. The lowest BCUT2D eigenvalue weighted by atomic mass is 10.1. The van der Waals surface area contributed by atoms with E-state index in [9.17, 15) is 13.2 Å². The van der Waals surface area contributed by atoms with Crippen LogP contribution in [0, 0.1) is 5.41 Å². The van der Waals surface area contributed by atoms with E-state index < -0.39 is 10.0 Å². The fourth-order valence-electron chi connectivity index (χ4n) is 4.50. The minimum atomic E-state index is -3.87. The second-order valence-corrected chi connectivity index (χ2v) is 10.3. The third-order valence-corrected chi connectivity index (χ3v) is 7.23. The standard InChI is InChI=1S/C26H29N5O3S/c27-25(28)20-7-5-6-18(16-20)17-31(22-8-1-2-9-22)26(32)30-21-14-12-19(13-15-21)23-10-3-4-11-24(23)35(29,33)34/h3-7,10-16,22H,1-2,8-9,17H2,(H3,27,28)(H,30,32)(H2,29,33,34). The van der Waals surface area contributed by atoms with Crippen molar-refractivity contribution >= 4 is 27.6 Å². The third kappa shape index (κ3) is 5.87. The summed E-state index contributed by atoms with van der Waals surface area (Å²) < 4.78 is 23.9. The molecule has 0 heterocycles. The Balaban J connectivity index is 1.54. The molecule has 0 bridgehead atoms. The second kappa shape index (κ2) is 10.3. The Morgan fingerprint density at radius 1 is 1.00 bits per heavy atom. The van der Waals surface area contributed by atoms with Gasteiger partial charge in [-0.1, -0.05) is 61.4 Å². The van der Waals surface area contributed by atoms with Gasteiger partial charge >= 0.3 is 6.03 Å². The van der Waals surface area contributed by atoms with E-state index in [4.69, 9.17) is 16.3 Å². The van der Waals surface area contributed by atoms with Gasteiger partial charge in [-0.05, 0) is 48.2 Å². The smallest absolute Gasteiger partial charge is 0.322 e. The van der Waals surface area contributed by atoms with Crippen molar-refractivity contribution in [2.24, 2.45) is 10.9 Å². The maximum absolute atomic E-state index is 13.3. The number of rotatable bonds is 7. The molecular formula is C26H29N5O3S. The van der Waals surface area contributed by atoms with Gasteiger partial charge < -0.3 is 16.0 Å². The largest absolute Gasteiger partial charge is 0.384 e. The van der Waals surface area contributed by atoms with Crippen molar-refractivity contribution in [3.8, 4) is 11.1 Å². The number of nitrogens with one attached hydrogen (secondary N) is 2. The Labute approximate surface area is 205 Å². The van der Waals surface area contributed by atoms with Gasteiger partial charge in [-0.2, -0.15) is 0 Å². The van der Waals surface area contributed by atoms with Crippen LogP contribution in [0.5, 0.6) is 0 Å². The second-order valence-electron chi connectivity index (χ2n) is 8.73. The van der Waals surface area contributed by atoms with Gasteiger partial charge in [0.15, 0.2) is 0 Å². The highest BCUT2D eigenvalue weighted by atomic mass is 32.2. The van der Waals surface area contributed by atoms with Crippen LogP contribution in [0.15, 0.2) is 77.7 Å². The van der Waals surface area contributed by atoms with Crippen LogP contribution in [0.1, 0.15) is 36.8 Å². The molecule has 0 saturated heterocycles. The number of nitrogens with two attached hydrogens (primary N) is 2. The highest BCUT2D eigenvalue weighted by molar-refractivity contribution is 7.89. The van der Waals surface area contributed by atoms with Gasteiger partial charge in [0.25, 0.3) is 0 Å². The van der Waals surface area contributed by atoms with E-state index in [1.54, 1.807) is 48.5 Å². The molecule has 0 aliphatic heterocycles. The number of nitrogen functional groups attached to an aromatic ring is 1. The zero-order valence-corrected chi connectivity index (χ0v) is 20.1. The SMILES string of the molecule is N=C(N)c1cccc(CN(C(=O)Nc2ccc(-c3ccccc3S(N)(=O)=O)cc2)C2CCCC2)c1. The molecule has 4 rings (SSSR count). The van der Waals surface area contributed by atoms with Crippen molar-refractivity contribution in [2.75, 3.05) is 5.32 Å². The number of urea groups is 1. The van der Waals surface area contributed by atoms with E-state index in [1.165, 1.54) is 6.07 Å². The summed E-state index contributed by atoms with van der Waals surface area (Å²) in [5.41, 5.74) is 8.97. The van der Waals surface area contributed by atoms with Crippen molar-refractivity contribution < 1.29 is 13.2 Å². The average molecular weight is 492 g/mol.